The van der Waals surface area contributed by atoms with E-state index in [0.717, 1.165) is 33.6 Å². The summed E-state index contributed by atoms with van der Waals surface area (Å²) in [7, 11) is 3.23. The maximum atomic E-state index is 6.29. The van der Waals surface area contributed by atoms with Crippen molar-refractivity contribution in [3.63, 3.8) is 0 Å². The van der Waals surface area contributed by atoms with E-state index < -0.39 is 0 Å². The number of nitrogens with two attached hydrogens (primary N) is 1. The first-order chi connectivity index (χ1) is 12.1. The van der Waals surface area contributed by atoms with Crippen LogP contribution in [-0.4, -0.2) is 34.0 Å². The van der Waals surface area contributed by atoms with Crippen LogP contribution >= 0.6 is 22.6 Å². The van der Waals surface area contributed by atoms with Gasteiger partial charge in [0.2, 0.25) is 0 Å². The van der Waals surface area contributed by atoms with Gasteiger partial charge in [-0.05, 0) is 35.4 Å². The van der Waals surface area contributed by atoms with Crippen molar-refractivity contribution < 1.29 is 9.47 Å². The van der Waals surface area contributed by atoms with Crippen LogP contribution in [0.5, 0.6) is 11.5 Å². The summed E-state index contributed by atoms with van der Waals surface area (Å²) in [4.78, 5) is 9.29. The number of nitrogen functional groups attached to an aromatic ring is 1. The van der Waals surface area contributed by atoms with Gasteiger partial charge < -0.3 is 15.2 Å². The molecule has 0 amide bonds. The van der Waals surface area contributed by atoms with Crippen LogP contribution in [0, 0.1) is 3.70 Å². The van der Waals surface area contributed by atoms with Gasteiger partial charge in [-0.15, -0.1) is 0 Å². The number of ether oxygens (including phenoxy) is 2. The fourth-order valence-corrected chi connectivity index (χ4v) is 3.57. The van der Waals surface area contributed by atoms with E-state index in [2.05, 4.69) is 32.7 Å². The number of nitrogens with zero attached hydrogens (tertiary/aromatic N) is 4. The molecule has 0 spiro atoms. The molecule has 0 aliphatic heterocycles. The molecule has 1 saturated carbocycles. The minimum Gasteiger partial charge on any atom is -0.497 e. The zero-order valence-electron chi connectivity index (χ0n) is 14.0. The minimum absolute atomic E-state index is 0.419. The van der Waals surface area contributed by atoms with Crippen LogP contribution in [-0.2, 0) is 0 Å². The molecule has 1 aromatic carbocycles. The number of benzene rings is 1. The molecule has 0 bridgehead atoms. The fraction of sp³-hybridized carbons (Fsp3) is 0.353. The van der Waals surface area contributed by atoms with Crippen molar-refractivity contribution in [1.82, 2.24) is 19.7 Å². The van der Waals surface area contributed by atoms with Gasteiger partial charge in [0.25, 0.3) is 0 Å². The summed E-state index contributed by atoms with van der Waals surface area (Å²) in [5.74, 6) is 3.06. The second kappa shape index (κ2) is 6.32. The molecular formula is C17H18IN5O2. The third-order valence-corrected chi connectivity index (χ3v) is 5.30. The third kappa shape index (κ3) is 2.78. The van der Waals surface area contributed by atoms with Crippen molar-refractivity contribution >= 4 is 39.4 Å². The van der Waals surface area contributed by atoms with Crippen LogP contribution in [0.2, 0.25) is 0 Å². The fourth-order valence-electron chi connectivity index (χ4n) is 2.98. The monoisotopic (exact) mass is 451 g/mol. The molecule has 1 fully saturated rings. The summed E-state index contributed by atoms with van der Waals surface area (Å²) in [6, 6.07) is 5.57. The molecule has 4 rings (SSSR count). The van der Waals surface area contributed by atoms with Crippen molar-refractivity contribution in [2.75, 3.05) is 20.0 Å². The molecule has 3 aromatic rings. The zero-order valence-corrected chi connectivity index (χ0v) is 16.1. The Morgan fingerprint density at radius 2 is 1.80 bits per heavy atom. The predicted molar refractivity (Wildman–Crippen MR) is 103 cm³/mol. The van der Waals surface area contributed by atoms with Gasteiger partial charge in [-0.3, -0.25) is 0 Å². The van der Waals surface area contributed by atoms with Gasteiger partial charge in [0.1, 0.15) is 32.1 Å². The molecular weight excluding hydrogens is 433 g/mol. The first-order valence-corrected chi connectivity index (χ1v) is 9.13. The largest absolute Gasteiger partial charge is 0.497 e. The number of hydrogen-bond donors (Lipinski definition) is 1. The van der Waals surface area contributed by atoms with Crippen LogP contribution in [0.3, 0.4) is 0 Å². The van der Waals surface area contributed by atoms with Crippen molar-refractivity contribution in [3.8, 4) is 17.2 Å². The average molecular weight is 451 g/mol. The van der Waals surface area contributed by atoms with Crippen molar-refractivity contribution in [2.24, 2.45) is 0 Å². The molecule has 2 heterocycles. The lowest BCUT2D eigenvalue weighted by Crippen LogP contribution is -2.14. The summed E-state index contributed by atoms with van der Waals surface area (Å²) in [5.41, 5.74) is 8.58. The maximum absolute atomic E-state index is 6.29. The molecule has 1 aliphatic carbocycles. The summed E-state index contributed by atoms with van der Waals surface area (Å²) in [6.07, 6.45) is 3.48. The second-order valence-corrected chi connectivity index (χ2v) is 7.09. The van der Waals surface area contributed by atoms with E-state index in [1.54, 1.807) is 18.9 Å². The van der Waals surface area contributed by atoms with Crippen LogP contribution in [0.15, 0.2) is 18.2 Å². The lowest BCUT2D eigenvalue weighted by atomic mass is 9.85. The molecule has 0 unspecified atom stereocenters. The number of halogens is 1. The first kappa shape index (κ1) is 16.4. The van der Waals surface area contributed by atoms with E-state index in [1.807, 2.05) is 18.2 Å². The quantitative estimate of drug-likeness (QED) is 0.613. The van der Waals surface area contributed by atoms with Crippen LogP contribution < -0.4 is 15.2 Å². The van der Waals surface area contributed by atoms with Crippen molar-refractivity contribution in [1.29, 1.82) is 0 Å². The Morgan fingerprint density at radius 3 is 2.36 bits per heavy atom. The lowest BCUT2D eigenvalue weighted by molar-refractivity contribution is 0.394. The molecule has 0 saturated heterocycles. The Kier molecular flexibility index (Phi) is 4.14. The van der Waals surface area contributed by atoms with Crippen LogP contribution in [0.4, 0.5) is 5.82 Å². The number of fused-ring (bicyclic) bond motifs is 1. The van der Waals surface area contributed by atoms with Crippen LogP contribution in [0.25, 0.3) is 16.7 Å². The highest BCUT2D eigenvalue weighted by molar-refractivity contribution is 14.1. The van der Waals surface area contributed by atoms with E-state index in [1.165, 1.54) is 6.42 Å². The van der Waals surface area contributed by atoms with Gasteiger partial charge in [-0.2, -0.15) is 5.10 Å². The van der Waals surface area contributed by atoms with Crippen LogP contribution in [0.1, 0.15) is 31.0 Å². The van der Waals surface area contributed by atoms with Gasteiger partial charge in [-0.1, -0.05) is 6.42 Å². The smallest absolute Gasteiger partial charge is 0.153 e. The average Bonchev–Trinajstić information content (AvgIpc) is 2.90. The van der Waals surface area contributed by atoms with Gasteiger partial charge in [-0.25, -0.2) is 14.6 Å². The molecule has 2 N–H and O–H groups in total. The molecule has 0 radical (unpaired) electrons. The summed E-state index contributed by atoms with van der Waals surface area (Å²) in [6.45, 7) is 0. The summed E-state index contributed by atoms with van der Waals surface area (Å²) >= 11 is 2.19. The Hall–Kier alpha value is -2.10. The van der Waals surface area contributed by atoms with E-state index in [-0.39, 0.29) is 0 Å². The second-order valence-electron chi connectivity index (χ2n) is 6.07. The Morgan fingerprint density at radius 1 is 1.12 bits per heavy atom. The Bertz CT molecular complexity index is 930. The van der Waals surface area contributed by atoms with E-state index in [9.17, 15) is 0 Å². The topological polar surface area (TPSA) is 88.1 Å². The number of anilines is 1. The van der Waals surface area contributed by atoms with Gasteiger partial charge >= 0.3 is 0 Å². The van der Waals surface area contributed by atoms with E-state index >= 15 is 0 Å². The standard InChI is InChI=1S/C17H18IN5O2/c1-24-11-6-10(7-12(8-11)25-2)23-14-13(15(18)22-23)20-17(21-16(14)19)9-4-3-5-9/h6-9H,3-5H2,1-2H3,(H2,19,20,21). The van der Waals surface area contributed by atoms with Gasteiger partial charge in [0.05, 0.1) is 19.9 Å². The number of aromatic nitrogens is 4. The van der Waals surface area contributed by atoms with E-state index in [0.29, 0.717) is 28.8 Å². The zero-order chi connectivity index (χ0) is 17.6. The highest BCUT2D eigenvalue weighted by Crippen LogP contribution is 2.37. The molecule has 130 valence electrons. The molecule has 1 aliphatic rings. The summed E-state index contributed by atoms with van der Waals surface area (Å²) < 4.78 is 13.3. The molecule has 7 nitrogen and oxygen atoms in total. The number of hydrogen-bond acceptors (Lipinski definition) is 6. The van der Waals surface area contributed by atoms with Gasteiger partial charge in [0, 0.05) is 24.1 Å². The lowest BCUT2D eigenvalue weighted by Gasteiger charge is -2.23. The number of methoxy groups -OCH3 is 2. The van der Waals surface area contributed by atoms with E-state index in [4.69, 9.17) is 20.2 Å². The Balaban J connectivity index is 1.91. The molecule has 25 heavy (non-hydrogen) atoms. The maximum Gasteiger partial charge on any atom is 0.153 e. The molecule has 2 aromatic heterocycles. The Labute approximate surface area is 158 Å². The van der Waals surface area contributed by atoms with Crippen molar-refractivity contribution in [3.05, 3.63) is 27.7 Å². The molecule has 0 atom stereocenters. The SMILES string of the molecule is COc1cc(OC)cc(-n2nc(I)c3nc(C4CCC4)nc(N)c32)c1. The number of rotatable bonds is 4. The minimum atomic E-state index is 0.419. The normalized spacial score (nSPS) is 14.5. The summed E-state index contributed by atoms with van der Waals surface area (Å²) in [5, 5.41) is 4.63. The predicted octanol–water partition coefficient (Wildman–Crippen LogP) is 3.29. The highest BCUT2D eigenvalue weighted by Gasteiger charge is 2.25. The highest BCUT2D eigenvalue weighted by atomic mass is 127. The molecule has 8 heteroatoms. The van der Waals surface area contributed by atoms with Crippen molar-refractivity contribution in [2.45, 2.75) is 25.2 Å². The third-order valence-electron chi connectivity index (χ3n) is 4.57. The first-order valence-electron chi connectivity index (χ1n) is 8.05. The van der Waals surface area contributed by atoms with Gasteiger partial charge in [0.15, 0.2) is 5.82 Å².